The van der Waals surface area contributed by atoms with Gasteiger partial charge in [-0.3, -0.25) is 4.99 Å². The van der Waals surface area contributed by atoms with E-state index in [0.29, 0.717) is 12.5 Å². The van der Waals surface area contributed by atoms with Gasteiger partial charge < -0.3 is 25.4 Å². The minimum Gasteiger partial charge on any atom is -0.386 e. The van der Waals surface area contributed by atoms with Crippen molar-refractivity contribution in [2.75, 3.05) is 53.0 Å². The lowest BCUT2D eigenvalue weighted by Crippen LogP contribution is -2.43. The zero-order valence-corrected chi connectivity index (χ0v) is 19.6. The first kappa shape index (κ1) is 24.6. The van der Waals surface area contributed by atoms with Crippen molar-refractivity contribution < 1.29 is 9.84 Å². The van der Waals surface area contributed by atoms with Crippen LogP contribution in [0.15, 0.2) is 29.3 Å². The topological polar surface area (TPSA) is 69.1 Å². The quantitative estimate of drug-likeness (QED) is 0.425. The number of piperidine rings is 1. The molecular weight excluding hydrogens is 376 g/mol. The average molecular weight is 419 g/mol. The third kappa shape index (κ3) is 8.25. The molecule has 1 aliphatic rings. The Morgan fingerprint density at radius 1 is 1.20 bits per heavy atom. The number of guanidine groups is 1. The number of aliphatic hydroxyl groups is 1. The number of methoxy groups -OCH3 is 1. The van der Waals surface area contributed by atoms with E-state index >= 15 is 0 Å². The number of aliphatic imine (C=N–C) groups is 1. The molecule has 1 aromatic rings. The summed E-state index contributed by atoms with van der Waals surface area (Å²) >= 11 is 0. The number of benzene rings is 1. The average Bonchev–Trinajstić information content (AvgIpc) is 2.74. The predicted octanol–water partition coefficient (Wildman–Crippen LogP) is 2.93. The van der Waals surface area contributed by atoms with Gasteiger partial charge in [-0.1, -0.05) is 45.0 Å². The summed E-state index contributed by atoms with van der Waals surface area (Å²) in [5.41, 5.74) is 2.29. The van der Waals surface area contributed by atoms with E-state index in [9.17, 15) is 5.11 Å². The van der Waals surface area contributed by atoms with E-state index in [1.165, 1.54) is 18.4 Å². The lowest BCUT2D eigenvalue weighted by molar-refractivity contribution is 0.121. The van der Waals surface area contributed by atoms with E-state index in [1.807, 2.05) is 12.1 Å². The van der Waals surface area contributed by atoms with Crippen LogP contribution in [0.3, 0.4) is 0 Å². The Kier molecular flexibility index (Phi) is 10.1. The second-order valence-electron chi connectivity index (χ2n) is 9.27. The summed E-state index contributed by atoms with van der Waals surface area (Å²) in [5, 5.41) is 17.3. The van der Waals surface area contributed by atoms with Crippen LogP contribution in [0, 0.1) is 5.92 Å². The Balaban J connectivity index is 1.82. The first-order chi connectivity index (χ1) is 14.3. The molecule has 30 heavy (non-hydrogen) atoms. The van der Waals surface area contributed by atoms with Crippen LogP contribution in [0.25, 0.3) is 0 Å². The smallest absolute Gasteiger partial charge is 0.191 e. The molecular formula is C24H42N4O2. The van der Waals surface area contributed by atoms with Crippen LogP contribution >= 0.6 is 0 Å². The molecule has 1 aromatic carbocycles. The molecule has 1 heterocycles. The van der Waals surface area contributed by atoms with E-state index < -0.39 is 6.10 Å². The van der Waals surface area contributed by atoms with Crippen molar-refractivity contribution in [3.05, 3.63) is 35.4 Å². The van der Waals surface area contributed by atoms with E-state index in [-0.39, 0.29) is 5.41 Å². The van der Waals surface area contributed by atoms with Crippen molar-refractivity contribution in [2.24, 2.45) is 10.9 Å². The predicted molar refractivity (Wildman–Crippen MR) is 125 cm³/mol. The summed E-state index contributed by atoms with van der Waals surface area (Å²) < 4.78 is 5.18. The SMILES string of the molecule is CCNC(=NCC(O)c1ccc(C(C)(C)C)cc1)NCC1CCN(CCOC)CC1. The molecule has 0 amide bonds. The fourth-order valence-electron chi connectivity index (χ4n) is 3.71. The minimum atomic E-state index is -0.599. The Bertz CT molecular complexity index is 632. The molecule has 1 atom stereocenters. The second-order valence-corrected chi connectivity index (χ2v) is 9.27. The molecule has 6 nitrogen and oxygen atoms in total. The molecule has 6 heteroatoms. The number of hydrogen-bond donors (Lipinski definition) is 3. The monoisotopic (exact) mass is 418 g/mol. The van der Waals surface area contributed by atoms with Crippen molar-refractivity contribution >= 4 is 5.96 Å². The highest BCUT2D eigenvalue weighted by Gasteiger charge is 2.19. The van der Waals surface area contributed by atoms with E-state index in [0.717, 1.165) is 50.9 Å². The normalized spacial score (nSPS) is 17.7. The van der Waals surface area contributed by atoms with Crippen molar-refractivity contribution in [1.29, 1.82) is 0 Å². The second kappa shape index (κ2) is 12.3. The van der Waals surface area contributed by atoms with Gasteiger partial charge in [0.2, 0.25) is 0 Å². The van der Waals surface area contributed by atoms with Crippen molar-refractivity contribution in [3.8, 4) is 0 Å². The van der Waals surface area contributed by atoms with Gasteiger partial charge in [0.05, 0.1) is 19.3 Å². The molecule has 1 aliphatic heterocycles. The number of likely N-dealkylation sites (tertiary alicyclic amines) is 1. The van der Waals surface area contributed by atoms with Gasteiger partial charge in [-0.15, -0.1) is 0 Å². The van der Waals surface area contributed by atoms with Crippen molar-refractivity contribution in [2.45, 2.75) is 52.1 Å². The summed E-state index contributed by atoms with van der Waals surface area (Å²) in [6, 6.07) is 8.23. The number of ether oxygens (including phenoxy) is 1. The Morgan fingerprint density at radius 2 is 1.87 bits per heavy atom. The van der Waals surface area contributed by atoms with Crippen LogP contribution in [0.5, 0.6) is 0 Å². The van der Waals surface area contributed by atoms with Crippen molar-refractivity contribution in [1.82, 2.24) is 15.5 Å². The molecule has 0 bridgehead atoms. The summed E-state index contributed by atoms with van der Waals surface area (Å²) in [6.07, 6.45) is 1.79. The maximum absolute atomic E-state index is 10.6. The lowest BCUT2D eigenvalue weighted by Gasteiger charge is -2.32. The number of hydrogen-bond acceptors (Lipinski definition) is 4. The largest absolute Gasteiger partial charge is 0.386 e. The highest BCUT2D eigenvalue weighted by atomic mass is 16.5. The van der Waals surface area contributed by atoms with Crippen LogP contribution in [0.1, 0.15) is 57.8 Å². The van der Waals surface area contributed by atoms with Gasteiger partial charge in [-0.25, -0.2) is 0 Å². The van der Waals surface area contributed by atoms with Gasteiger partial charge in [0.1, 0.15) is 0 Å². The number of rotatable bonds is 9. The molecule has 1 fully saturated rings. The Morgan fingerprint density at radius 3 is 2.43 bits per heavy atom. The summed E-state index contributed by atoms with van der Waals surface area (Å²) in [5.74, 6) is 1.44. The third-order valence-electron chi connectivity index (χ3n) is 5.81. The van der Waals surface area contributed by atoms with Crippen LogP contribution in [-0.2, 0) is 10.2 Å². The Labute approximate surface area is 183 Å². The maximum atomic E-state index is 10.6. The lowest BCUT2D eigenvalue weighted by atomic mass is 9.86. The summed E-state index contributed by atoms with van der Waals surface area (Å²) in [7, 11) is 1.76. The fourth-order valence-corrected chi connectivity index (χ4v) is 3.71. The molecule has 2 rings (SSSR count). The van der Waals surface area contributed by atoms with Gasteiger partial charge in [0.15, 0.2) is 5.96 Å². The zero-order valence-electron chi connectivity index (χ0n) is 19.6. The summed E-state index contributed by atoms with van der Waals surface area (Å²) in [6.45, 7) is 14.8. The standard InChI is InChI=1S/C24H42N4O2/c1-6-25-23(26-17-19-11-13-28(14-12-19)15-16-30-5)27-18-22(29)20-7-9-21(10-8-20)24(2,3)4/h7-10,19,22,29H,6,11-18H2,1-5H3,(H2,25,26,27). The maximum Gasteiger partial charge on any atom is 0.191 e. The number of nitrogens with zero attached hydrogens (tertiary/aromatic N) is 2. The van der Waals surface area contributed by atoms with Gasteiger partial charge in [0, 0.05) is 26.7 Å². The highest BCUT2D eigenvalue weighted by Crippen LogP contribution is 2.24. The first-order valence-corrected chi connectivity index (χ1v) is 11.4. The van der Waals surface area contributed by atoms with E-state index in [4.69, 9.17) is 4.74 Å². The zero-order chi connectivity index (χ0) is 22.0. The van der Waals surface area contributed by atoms with Crippen LogP contribution in [0.4, 0.5) is 0 Å². The molecule has 0 radical (unpaired) electrons. The van der Waals surface area contributed by atoms with Crippen LogP contribution < -0.4 is 10.6 Å². The molecule has 0 saturated carbocycles. The van der Waals surface area contributed by atoms with Crippen LogP contribution in [-0.4, -0.2) is 69.0 Å². The summed E-state index contributed by atoms with van der Waals surface area (Å²) in [4.78, 5) is 7.09. The molecule has 0 aliphatic carbocycles. The van der Waals surface area contributed by atoms with E-state index in [1.54, 1.807) is 7.11 Å². The minimum absolute atomic E-state index is 0.115. The third-order valence-corrected chi connectivity index (χ3v) is 5.81. The number of nitrogens with one attached hydrogen (secondary N) is 2. The van der Waals surface area contributed by atoms with E-state index in [2.05, 4.69) is 60.4 Å². The molecule has 0 spiro atoms. The molecule has 170 valence electrons. The number of aliphatic hydroxyl groups excluding tert-OH is 1. The van der Waals surface area contributed by atoms with Gasteiger partial charge in [-0.2, -0.15) is 0 Å². The molecule has 1 saturated heterocycles. The Hall–Kier alpha value is -1.63. The van der Waals surface area contributed by atoms with Crippen LogP contribution in [0.2, 0.25) is 0 Å². The van der Waals surface area contributed by atoms with Gasteiger partial charge in [0.25, 0.3) is 0 Å². The molecule has 3 N–H and O–H groups in total. The van der Waals surface area contributed by atoms with Gasteiger partial charge >= 0.3 is 0 Å². The molecule has 0 aromatic heterocycles. The first-order valence-electron chi connectivity index (χ1n) is 11.4. The molecule has 1 unspecified atom stereocenters. The fraction of sp³-hybridized carbons (Fsp3) is 0.708. The van der Waals surface area contributed by atoms with Gasteiger partial charge in [-0.05, 0) is 55.3 Å². The highest BCUT2D eigenvalue weighted by molar-refractivity contribution is 5.79. The van der Waals surface area contributed by atoms with Crippen molar-refractivity contribution in [3.63, 3.8) is 0 Å².